The molecule has 2 aromatic carbocycles. The van der Waals surface area contributed by atoms with E-state index < -0.39 is 10.1 Å². The Kier molecular flexibility index (Phi) is 6.02. The molecule has 0 aliphatic carbocycles. The summed E-state index contributed by atoms with van der Waals surface area (Å²) in [6.45, 7) is 4.10. The molecule has 0 aliphatic heterocycles. The first kappa shape index (κ1) is 20.3. The third kappa shape index (κ3) is 4.89. The van der Waals surface area contributed by atoms with Crippen LogP contribution in [0.5, 0.6) is 5.75 Å². The van der Waals surface area contributed by atoms with E-state index in [2.05, 4.69) is 24.1 Å². The summed E-state index contributed by atoms with van der Waals surface area (Å²) >= 11 is 7.18. The molecular formula is C19H17ClN2O4S2. The fourth-order valence-corrected chi connectivity index (χ4v) is 4.09. The van der Waals surface area contributed by atoms with Gasteiger partial charge < -0.3 is 4.18 Å². The number of aromatic nitrogens is 1. The molecule has 0 saturated carbocycles. The number of carbonyl (C=O) groups excluding carboxylic acids is 1. The molecule has 0 atom stereocenters. The Morgan fingerprint density at radius 3 is 2.32 bits per heavy atom. The first-order chi connectivity index (χ1) is 13.2. The summed E-state index contributed by atoms with van der Waals surface area (Å²) in [6, 6.07) is 11.5. The summed E-state index contributed by atoms with van der Waals surface area (Å²) in [6.07, 6.45) is 1.74. The van der Waals surface area contributed by atoms with E-state index in [0.717, 1.165) is 4.88 Å². The monoisotopic (exact) mass is 436 g/mol. The molecule has 0 spiro atoms. The third-order valence-electron chi connectivity index (χ3n) is 3.74. The van der Waals surface area contributed by atoms with Gasteiger partial charge in [-0.2, -0.15) is 8.42 Å². The van der Waals surface area contributed by atoms with Gasteiger partial charge in [-0.3, -0.25) is 10.1 Å². The van der Waals surface area contributed by atoms with Crippen molar-refractivity contribution in [1.29, 1.82) is 0 Å². The normalized spacial score (nSPS) is 11.4. The van der Waals surface area contributed by atoms with Gasteiger partial charge in [-0.15, -0.1) is 11.3 Å². The number of thiazole rings is 1. The zero-order chi connectivity index (χ0) is 20.3. The molecule has 0 saturated heterocycles. The molecule has 3 aromatic rings. The quantitative estimate of drug-likeness (QED) is 0.553. The van der Waals surface area contributed by atoms with Crippen molar-refractivity contribution in [3.63, 3.8) is 0 Å². The van der Waals surface area contributed by atoms with E-state index in [-0.39, 0.29) is 16.6 Å². The molecule has 0 unspecified atom stereocenters. The standard InChI is InChI=1S/C19H17ClN2O4S2/c1-12(2)17-11-21-19(27-17)22-18(23)13-3-7-15(8-4-13)26-28(24,25)16-9-5-14(20)6-10-16/h3-12H,1-2H3,(H,21,22,23). The van der Waals surface area contributed by atoms with Crippen molar-refractivity contribution < 1.29 is 17.4 Å². The van der Waals surface area contributed by atoms with Crippen molar-refractivity contribution in [2.75, 3.05) is 5.32 Å². The summed E-state index contributed by atoms with van der Waals surface area (Å²) in [5.41, 5.74) is 0.359. The fourth-order valence-electron chi connectivity index (χ4n) is 2.22. The van der Waals surface area contributed by atoms with Crippen molar-refractivity contribution in [3.05, 3.63) is 70.2 Å². The van der Waals surface area contributed by atoms with Gasteiger partial charge >= 0.3 is 10.1 Å². The molecule has 1 amide bonds. The second kappa shape index (κ2) is 8.30. The number of amides is 1. The van der Waals surface area contributed by atoms with Gasteiger partial charge in [-0.05, 0) is 54.4 Å². The van der Waals surface area contributed by atoms with Crippen molar-refractivity contribution in [3.8, 4) is 5.75 Å². The summed E-state index contributed by atoms with van der Waals surface area (Å²) < 4.78 is 29.7. The number of rotatable bonds is 6. The lowest BCUT2D eigenvalue weighted by Gasteiger charge is -2.08. The van der Waals surface area contributed by atoms with Crippen molar-refractivity contribution in [1.82, 2.24) is 4.98 Å². The minimum absolute atomic E-state index is 0.0107. The SMILES string of the molecule is CC(C)c1cnc(NC(=O)c2ccc(OS(=O)(=O)c3ccc(Cl)cc3)cc2)s1. The summed E-state index contributed by atoms with van der Waals surface area (Å²) in [4.78, 5) is 17.6. The average Bonchev–Trinajstić information content (AvgIpc) is 3.11. The van der Waals surface area contributed by atoms with E-state index in [0.29, 0.717) is 21.6 Å². The maximum absolute atomic E-state index is 12.3. The number of nitrogens with one attached hydrogen (secondary N) is 1. The van der Waals surface area contributed by atoms with Gasteiger partial charge in [-0.25, -0.2) is 4.98 Å². The largest absolute Gasteiger partial charge is 0.379 e. The molecular weight excluding hydrogens is 420 g/mol. The Morgan fingerprint density at radius 2 is 1.75 bits per heavy atom. The fraction of sp³-hybridized carbons (Fsp3) is 0.158. The van der Waals surface area contributed by atoms with E-state index in [4.69, 9.17) is 15.8 Å². The van der Waals surface area contributed by atoms with Gasteiger partial charge in [-0.1, -0.05) is 25.4 Å². The van der Waals surface area contributed by atoms with Crippen LogP contribution in [0.2, 0.25) is 5.02 Å². The zero-order valence-electron chi connectivity index (χ0n) is 15.0. The van der Waals surface area contributed by atoms with Crippen LogP contribution in [0.15, 0.2) is 59.6 Å². The number of carbonyl (C=O) groups is 1. The van der Waals surface area contributed by atoms with Crippen LogP contribution in [0.25, 0.3) is 0 Å². The van der Waals surface area contributed by atoms with Crippen LogP contribution >= 0.6 is 22.9 Å². The van der Waals surface area contributed by atoms with Gasteiger partial charge in [0.05, 0.1) is 0 Å². The lowest BCUT2D eigenvalue weighted by atomic mass is 10.2. The van der Waals surface area contributed by atoms with Crippen LogP contribution in [0, 0.1) is 0 Å². The highest BCUT2D eigenvalue weighted by Crippen LogP contribution is 2.26. The van der Waals surface area contributed by atoms with E-state index >= 15 is 0 Å². The number of anilines is 1. The van der Waals surface area contributed by atoms with Crippen LogP contribution in [-0.2, 0) is 10.1 Å². The smallest absolute Gasteiger partial charge is 0.339 e. The van der Waals surface area contributed by atoms with Crippen LogP contribution in [0.3, 0.4) is 0 Å². The highest BCUT2D eigenvalue weighted by molar-refractivity contribution is 7.87. The van der Waals surface area contributed by atoms with Gasteiger partial charge in [0.2, 0.25) is 0 Å². The Labute approximate surface area is 172 Å². The Bertz CT molecular complexity index is 1080. The van der Waals surface area contributed by atoms with E-state index in [1.165, 1.54) is 59.9 Å². The first-order valence-corrected chi connectivity index (χ1v) is 10.9. The van der Waals surface area contributed by atoms with E-state index in [1.54, 1.807) is 6.20 Å². The van der Waals surface area contributed by atoms with Crippen molar-refractivity contribution in [2.45, 2.75) is 24.7 Å². The van der Waals surface area contributed by atoms with Gasteiger partial charge in [0.15, 0.2) is 5.13 Å². The average molecular weight is 437 g/mol. The number of benzene rings is 2. The summed E-state index contributed by atoms with van der Waals surface area (Å²) in [5.74, 6) is 0.0989. The number of halogens is 1. The highest BCUT2D eigenvalue weighted by atomic mass is 35.5. The Hall–Kier alpha value is -2.42. The summed E-state index contributed by atoms with van der Waals surface area (Å²) in [5, 5.41) is 3.67. The predicted octanol–water partition coefficient (Wildman–Crippen LogP) is 4.94. The van der Waals surface area contributed by atoms with Crippen molar-refractivity contribution in [2.24, 2.45) is 0 Å². The topological polar surface area (TPSA) is 85.4 Å². The molecule has 1 N–H and O–H groups in total. The molecule has 146 valence electrons. The minimum atomic E-state index is -3.98. The number of nitrogens with zero attached hydrogens (tertiary/aromatic N) is 1. The molecule has 6 nitrogen and oxygen atoms in total. The Balaban J connectivity index is 1.68. The number of hydrogen-bond acceptors (Lipinski definition) is 6. The highest BCUT2D eigenvalue weighted by Gasteiger charge is 2.17. The molecule has 3 rings (SSSR count). The van der Waals surface area contributed by atoms with Gasteiger partial charge in [0.1, 0.15) is 10.6 Å². The van der Waals surface area contributed by atoms with Crippen LogP contribution < -0.4 is 9.50 Å². The number of hydrogen-bond donors (Lipinski definition) is 1. The molecule has 9 heteroatoms. The summed E-state index contributed by atoms with van der Waals surface area (Å²) in [7, 11) is -3.98. The molecule has 1 heterocycles. The molecule has 1 aromatic heterocycles. The second-order valence-corrected chi connectivity index (χ2v) is 9.24. The van der Waals surface area contributed by atoms with Gasteiger partial charge in [0, 0.05) is 21.7 Å². The van der Waals surface area contributed by atoms with Gasteiger partial charge in [0.25, 0.3) is 5.91 Å². The molecule has 0 radical (unpaired) electrons. The maximum atomic E-state index is 12.3. The first-order valence-electron chi connectivity index (χ1n) is 8.32. The minimum Gasteiger partial charge on any atom is -0.379 e. The maximum Gasteiger partial charge on any atom is 0.339 e. The lowest BCUT2D eigenvalue weighted by Crippen LogP contribution is -2.12. The molecule has 0 bridgehead atoms. The van der Waals surface area contributed by atoms with Crippen molar-refractivity contribution >= 4 is 44.1 Å². The van der Waals surface area contributed by atoms with E-state index in [9.17, 15) is 13.2 Å². The zero-order valence-corrected chi connectivity index (χ0v) is 17.4. The second-order valence-electron chi connectivity index (χ2n) is 6.19. The van der Waals surface area contributed by atoms with Crippen LogP contribution in [0.1, 0.15) is 35.0 Å². The molecule has 0 fully saturated rings. The van der Waals surface area contributed by atoms with Crippen LogP contribution in [0.4, 0.5) is 5.13 Å². The van der Waals surface area contributed by atoms with Crippen LogP contribution in [-0.4, -0.2) is 19.3 Å². The molecule has 28 heavy (non-hydrogen) atoms. The molecule has 0 aliphatic rings. The predicted molar refractivity (Wildman–Crippen MR) is 110 cm³/mol. The Morgan fingerprint density at radius 1 is 1.11 bits per heavy atom. The lowest BCUT2D eigenvalue weighted by molar-refractivity contribution is 0.102. The third-order valence-corrected chi connectivity index (χ3v) is 6.46. The van der Waals surface area contributed by atoms with E-state index in [1.807, 2.05) is 0 Å².